The van der Waals surface area contributed by atoms with Crippen molar-refractivity contribution in [2.75, 3.05) is 11.9 Å². The lowest BCUT2D eigenvalue weighted by molar-refractivity contribution is -0.187. The Labute approximate surface area is 113 Å². The first-order chi connectivity index (χ1) is 9.38. The van der Waals surface area contributed by atoms with Crippen LogP contribution in [-0.4, -0.2) is 40.0 Å². The lowest BCUT2D eigenvalue weighted by Crippen LogP contribution is -2.52. The van der Waals surface area contributed by atoms with E-state index in [0.29, 0.717) is 5.82 Å². The Morgan fingerprint density at radius 2 is 2.15 bits per heavy atom. The fourth-order valence-electron chi connectivity index (χ4n) is 2.22. The summed E-state index contributed by atoms with van der Waals surface area (Å²) in [5.41, 5.74) is 0. The van der Waals surface area contributed by atoms with Crippen molar-refractivity contribution in [2.45, 2.75) is 25.2 Å². The first kappa shape index (κ1) is 14.4. The van der Waals surface area contributed by atoms with Crippen LogP contribution < -0.4 is 5.32 Å². The molecule has 0 spiro atoms. The minimum absolute atomic E-state index is 0.0903. The lowest BCUT2D eigenvalue weighted by Gasteiger charge is -2.38. The number of aromatic nitrogens is 1. The van der Waals surface area contributed by atoms with E-state index in [4.69, 9.17) is 5.11 Å². The number of halogens is 3. The number of nitrogens with one attached hydrogen (secondary N) is 1. The molecule has 1 aliphatic heterocycles. The molecule has 1 aromatic rings. The van der Waals surface area contributed by atoms with E-state index in [-0.39, 0.29) is 12.8 Å². The molecule has 1 aromatic heterocycles. The first-order valence-electron chi connectivity index (χ1n) is 6.12. The number of rotatable bonds is 2. The molecule has 1 amide bonds. The number of anilines is 1. The largest absolute Gasteiger partial charge is 0.465 e. The molecule has 110 valence electrons. The van der Waals surface area contributed by atoms with Gasteiger partial charge >= 0.3 is 12.3 Å². The molecule has 1 saturated heterocycles. The Bertz CT molecular complexity index is 467. The molecule has 0 bridgehead atoms. The van der Waals surface area contributed by atoms with Crippen molar-refractivity contribution in [1.29, 1.82) is 0 Å². The van der Waals surface area contributed by atoms with Crippen molar-refractivity contribution in [2.24, 2.45) is 5.92 Å². The van der Waals surface area contributed by atoms with Gasteiger partial charge in [-0.2, -0.15) is 13.2 Å². The zero-order chi connectivity index (χ0) is 14.8. The molecule has 0 radical (unpaired) electrons. The quantitative estimate of drug-likeness (QED) is 0.878. The summed E-state index contributed by atoms with van der Waals surface area (Å²) in [5.74, 6) is -1.17. The van der Waals surface area contributed by atoms with Crippen LogP contribution in [0.25, 0.3) is 0 Å². The number of hydrogen-bond acceptors (Lipinski definition) is 3. The molecule has 2 N–H and O–H groups in total. The van der Waals surface area contributed by atoms with Gasteiger partial charge in [-0.25, -0.2) is 9.78 Å². The van der Waals surface area contributed by atoms with Gasteiger partial charge < -0.3 is 10.4 Å². The highest BCUT2D eigenvalue weighted by atomic mass is 19.4. The van der Waals surface area contributed by atoms with E-state index in [2.05, 4.69) is 10.3 Å². The molecule has 1 fully saturated rings. The summed E-state index contributed by atoms with van der Waals surface area (Å²) in [6.45, 7) is -0.552. The fraction of sp³-hybridized carbons (Fsp3) is 0.500. The van der Waals surface area contributed by atoms with Crippen molar-refractivity contribution < 1.29 is 23.1 Å². The molecule has 2 heterocycles. The number of carbonyl (C=O) groups is 1. The number of piperidine rings is 1. The average Bonchev–Trinajstić information content (AvgIpc) is 2.38. The second-order valence-electron chi connectivity index (χ2n) is 4.63. The van der Waals surface area contributed by atoms with Gasteiger partial charge in [0.25, 0.3) is 0 Å². The summed E-state index contributed by atoms with van der Waals surface area (Å²) in [6, 6.07) is 5.04. The zero-order valence-corrected chi connectivity index (χ0v) is 10.5. The van der Waals surface area contributed by atoms with E-state index in [9.17, 15) is 18.0 Å². The number of carboxylic acid groups (broad SMARTS) is 1. The molecule has 2 unspecified atom stereocenters. The zero-order valence-electron chi connectivity index (χ0n) is 10.5. The minimum atomic E-state index is -4.37. The van der Waals surface area contributed by atoms with Crippen LogP contribution in [-0.2, 0) is 0 Å². The van der Waals surface area contributed by atoms with Crippen LogP contribution in [0.1, 0.15) is 12.8 Å². The number of alkyl halides is 3. The van der Waals surface area contributed by atoms with Crippen LogP contribution in [0.2, 0.25) is 0 Å². The van der Waals surface area contributed by atoms with Gasteiger partial charge in [-0.3, -0.25) is 4.90 Å². The maximum atomic E-state index is 12.7. The van der Waals surface area contributed by atoms with Gasteiger partial charge in [0.1, 0.15) is 12.0 Å². The van der Waals surface area contributed by atoms with Crippen LogP contribution in [0, 0.1) is 5.92 Å². The molecule has 2 rings (SSSR count). The topological polar surface area (TPSA) is 65.5 Å². The summed E-state index contributed by atoms with van der Waals surface area (Å²) in [7, 11) is 0. The van der Waals surface area contributed by atoms with Crippen LogP contribution >= 0.6 is 0 Å². The Morgan fingerprint density at radius 3 is 2.70 bits per heavy atom. The van der Waals surface area contributed by atoms with Crippen molar-refractivity contribution in [1.82, 2.24) is 9.88 Å². The number of amides is 1. The van der Waals surface area contributed by atoms with E-state index in [1.54, 1.807) is 18.2 Å². The molecule has 0 saturated carbocycles. The van der Waals surface area contributed by atoms with Crippen LogP contribution in [0.15, 0.2) is 24.4 Å². The second-order valence-corrected chi connectivity index (χ2v) is 4.63. The van der Waals surface area contributed by atoms with Crippen LogP contribution in [0.4, 0.5) is 23.8 Å². The van der Waals surface area contributed by atoms with Gasteiger partial charge in [0.05, 0.1) is 5.92 Å². The Kier molecular flexibility index (Phi) is 4.01. The Morgan fingerprint density at radius 1 is 1.40 bits per heavy atom. The third-order valence-electron chi connectivity index (χ3n) is 3.27. The predicted molar refractivity (Wildman–Crippen MR) is 65.2 cm³/mol. The molecule has 0 aromatic carbocycles. The van der Waals surface area contributed by atoms with E-state index in [1.807, 2.05) is 0 Å². The van der Waals surface area contributed by atoms with E-state index >= 15 is 0 Å². The van der Waals surface area contributed by atoms with Gasteiger partial charge in [-0.1, -0.05) is 6.07 Å². The SMILES string of the molecule is O=C(O)N1CC(C(F)(F)F)CCC1Nc1ccccn1. The first-order valence-corrected chi connectivity index (χ1v) is 6.12. The highest BCUT2D eigenvalue weighted by Crippen LogP contribution is 2.35. The van der Waals surface area contributed by atoms with Crippen molar-refractivity contribution in [3.63, 3.8) is 0 Å². The Hall–Kier alpha value is -1.99. The number of hydrogen-bond donors (Lipinski definition) is 2. The van der Waals surface area contributed by atoms with Gasteiger partial charge in [-0.15, -0.1) is 0 Å². The number of likely N-dealkylation sites (tertiary alicyclic amines) is 1. The third kappa shape index (κ3) is 3.31. The molecule has 20 heavy (non-hydrogen) atoms. The standard InChI is InChI=1S/C12H14F3N3O2/c13-12(14,15)8-4-5-10(18(7-8)11(19)20)17-9-3-1-2-6-16-9/h1-3,6,8,10H,4-5,7H2,(H,16,17)(H,19,20). The van der Waals surface area contributed by atoms with Gasteiger partial charge in [-0.05, 0) is 25.0 Å². The van der Waals surface area contributed by atoms with E-state index in [1.165, 1.54) is 6.20 Å². The van der Waals surface area contributed by atoms with Gasteiger partial charge in [0.2, 0.25) is 0 Å². The monoisotopic (exact) mass is 289 g/mol. The summed E-state index contributed by atoms with van der Waals surface area (Å²) in [6.07, 6.45) is -4.92. The van der Waals surface area contributed by atoms with Gasteiger partial charge in [0, 0.05) is 12.7 Å². The predicted octanol–water partition coefficient (Wildman–Crippen LogP) is 2.77. The molecular weight excluding hydrogens is 275 g/mol. The maximum Gasteiger partial charge on any atom is 0.408 e. The van der Waals surface area contributed by atoms with Crippen molar-refractivity contribution >= 4 is 11.9 Å². The lowest BCUT2D eigenvalue weighted by atomic mass is 9.95. The minimum Gasteiger partial charge on any atom is -0.465 e. The number of pyridine rings is 1. The number of nitrogens with zero attached hydrogens (tertiary/aromatic N) is 2. The highest BCUT2D eigenvalue weighted by Gasteiger charge is 2.45. The van der Waals surface area contributed by atoms with Crippen LogP contribution in [0.5, 0.6) is 0 Å². The molecule has 8 heteroatoms. The van der Waals surface area contributed by atoms with Crippen LogP contribution in [0.3, 0.4) is 0 Å². The molecule has 0 aliphatic carbocycles. The summed E-state index contributed by atoms with van der Waals surface area (Å²) in [5, 5.41) is 11.9. The summed E-state index contributed by atoms with van der Waals surface area (Å²) >= 11 is 0. The smallest absolute Gasteiger partial charge is 0.408 e. The van der Waals surface area contributed by atoms with E-state index in [0.717, 1.165) is 4.90 Å². The molecule has 2 atom stereocenters. The van der Waals surface area contributed by atoms with E-state index < -0.39 is 30.9 Å². The van der Waals surface area contributed by atoms with Crippen molar-refractivity contribution in [3.05, 3.63) is 24.4 Å². The van der Waals surface area contributed by atoms with Crippen molar-refractivity contribution in [3.8, 4) is 0 Å². The maximum absolute atomic E-state index is 12.7. The normalized spacial score (nSPS) is 23.4. The highest BCUT2D eigenvalue weighted by molar-refractivity contribution is 5.66. The molecule has 5 nitrogen and oxygen atoms in total. The van der Waals surface area contributed by atoms with Gasteiger partial charge in [0.15, 0.2) is 0 Å². The average molecular weight is 289 g/mol. The second kappa shape index (κ2) is 5.56. The molecule has 1 aliphatic rings. The summed E-state index contributed by atoms with van der Waals surface area (Å²) in [4.78, 5) is 15.9. The fourth-order valence-corrected chi connectivity index (χ4v) is 2.22. The third-order valence-corrected chi connectivity index (χ3v) is 3.27. The summed E-state index contributed by atoms with van der Waals surface area (Å²) < 4.78 is 38.0. The Balaban J connectivity index is 2.08. The molecular formula is C12H14F3N3O2.